The van der Waals surface area contributed by atoms with Crippen LogP contribution in [0.4, 0.5) is 11.4 Å². The van der Waals surface area contributed by atoms with E-state index in [4.69, 9.17) is 8.22 Å². The number of halogens is 1. The summed E-state index contributed by atoms with van der Waals surface area (Å²) in [6.07, 6.45) is 0.380. The maximum atomic E-state index is 12.3. The molecule has 0 unspecified atom stereocenters. The predicted molar refractivity (Wildman–Crippen MR) is 109 cm³/mol. The number of rotatable bonds is 5. The molecule has 134 valence electrons. The van der Waals surface area contributed by atoms with Gasteiger partial charge in [0.05, 0.1) is 11.4 Å². The summed E-state index contributed by atoms with van der Waals surface area (Å²) in [4.78, 5) is 16.7. The van der Waals surface area contributed by atoms with E-state index in [1.807, 2.05) is 41.3 Å². The first-order chi connectivity index (χ1) is 13.9. The van der Waals surface area contributed by atoms with Crippen LogP contribution in [0, 0.1) is 0 Å². The molecule has 0 amide bonds. The monoisotopic (exact) mass is 382 g/mol. The normalized spacial score (nSPS) is 18.3. The molecule has 1 aliphatic heterocycles. The molecule has 1 atom stereocenters. The van der Waals surface area contributed by atoms with Crippen molar-refractivity contribution in [1.29, 1.82) is 0 Å². The fourth-order valence-corrected chi connectivity index (χ4v) is 3.83. The summed E-state index contributed by atoms with van der Waals surface area (Å²) in [5.74, 6) is 0.0151. The molecule has 0 N–H and O–H groups in total. The molecule has 3 rings (SSSR count). The van der Waals surface area contributed by atoms with Crippen LogP contribution in [0.1, 0.15) is 38.9 Å². The first kappa shape index (κ1) is 12.8. The Morgan fingerprint density at radius 3 is 2.64 bits per heavy atom. The van der Waals surface area contributed by atoms with E-state index in [1.165, 1.54) is 0 Å². The maximum absolute atomic E-state index is 12.3. The van der Waals surface area contributed by atoms with E-state index >= 15 is 0 Å². The number of para-hydroxylation sites is 1. The van der Waals surface area contributed by atoms with Crippen molar-refractivity contribution in [3.63, 3.8) is 0 Å². The van der Waals surface area contributed by atoms with Crippen LogP contribution in [0.15, 0.2) is 52.3 Å². The molecule has 0 aromatic heterocycles. The van der Waals surface area contributed by atoms with Gasteiger partial charge in [0, 0.05) is 42.6 Å². The molecule has 2 aromatic carbocycles. The zero-order chi connectivity index (χ0) is 22.3. The first-order valence-corrected chi connectivity index (χ1v) is 8.76. The fourth-order valence-electron chi connectivity index (χ4n) is 2.75. The highest BCUT2D eigenvalue weighted by Crippen LogP contribution is 2.48. The van der Waals surface area contributed by atoms with Crippen LogP contribution in [0.3, 0.4) is 0 Å². The lowest BCUT2D eigenvalue weighted by Crippen LogP contribution is -2.37. The highest BCUT2D eigenvalue weighted by atomic mass is 35.5. The Labute approximate surface area is 169 Å². The number of benzene rings is 2. The third-order valence-electron chi connectivity index (χ3n) is 4.16. The molecule has 1 heterocycles. The van der Waals surface area contributed by atoms with Crippen molar-refractivity contribution in [2.24, 2.45) is 0 Å². The molecule has 0 bridgehead atoms. The highest BCUT2D eigenvalue weighted by Gasteiger charge is 2.25. The summed E-state index contributed by atoms with van der Waals surface area (Å²) in [6, 6.07) is 12.4. The number of fused-ring (bicyclic) bond motifs is 2. The van der Waals surface area contributed by atoms with Crippen molar-refractivity contribution in [1.82, 2.24) is 4.90 Å². The number of ketones is 1. The minimum Gasteiger partial charge on any atom is -0.338 e. The maximum Gasteiger partial charge on any atom is 0.162 e. The minimum absolute atomic E-state index is 0. The van der Waals surface area contributed by atoms with Gasteiger partial charge >= 0.3 is 0 Å². The average molecular weight is 383 g/mol. The van der Waals surface area contributed by atoms with Gasteiger partial charge in [-0.1, -0.05) is 36.9 Å². The molecule has 3 nitrogen and oxygen atoms in total. The molecule has 0 aliphatic carbocycles. The van der Waals surface area contributed by atoms with Crippen LogP contribution >= 0.6 is 24.2 Å². The van der Waals surface area contributed by atoms with E-state index < -0.39 is 20.0 Å². The Balaban J connectivity index is 0.00000341. The summed E-state index contributed by atoms with van der Waals surface area (Å²) >= 11 is 1.57. The smallest absolute Gasteiger partial charge is 0.162 e. The second-order valence-corrected chi connectivity index (χ2v) is 6.94. The number of anilines is 2. The van der Waals surface area contributed by atoms with Gasteiger partial charge in [0.15, 0.2) is 5.78 Å². The van der Waals surface area contributed by atoms with Crippen molar-refractivity contribution in [3.8, 4) is 0 Å². The SMILES string of the molecule is Cl.[2H]C([2H])([2H])N([C@H](C)CN1c2ccccc2Sc2ccc(C(=O)CC)cc21)C([2H])([2H])[2H]. The van der Waals surface area contributed by atoms with E-state index in [2.05, 4.69) is 0 Å². The van der Waals surface area contributed by atoms with Gasteiger partial charge in [-0.3, -0.25) is 4.79 Å². The van der Waals surface area contributed by atoms with Crippen molar-refractivity contribution in [2.45, 2.75) is 36.1 Å². The van der Waals surface area contributed by atoms with Gasteiger partial charge in [-0.05, 0) is 45.1 Å². The number of likely N-dealkylation sites (N-methyl/N-ethyl adjacent to an activating group) is 1. The van der Waals surface area contributed by atoms with Crippen LogP contribution in [-0.2, 0) is 0 Å². The molecule has 2 aromatic rings. The Hall–Kier alpha value is -1.49. The zero-order valence-corrected chi connectivity index (χ0v) is 15.8. The predicted octanol–water partition coefficient (Wildman–Crippen LogP) is 5.25. The lowest BCUT2D eigenvalue weighted by molar-refractivity contribution is 0.0988. The van der Waals surface area contributed by atoms with Crippen molar-refractivity contribution < 1.29 is 13.0 Å². The minimum atomic E-state index is -2.77. The lowest BCUT2D eigenvalue weighted by atomic mass is 10.1. The zero-order valence-electron chi connectivity index (χ0n) is 20.2. The van der Waals surface area contributed by atoms with E-state index in [0.717, 1.165) is 21.2 Å². The van der Waals surface area contributed by atoms with Gasteiger partial charge in [0.2, 0.25) is 0 Å². The summed E-state index contributed by atoms with van der Waals surface area (Å²) in [7, 11) is 0. The van der Waals surface area contributed by atoms with Crippen molar-refractivity contribution >= 4 is 41.3 Å². The van der Waals surface area contributed by atoms with E-state index in [-0.39, 0.29) is 24.7 Å². The molecule has 0 saturated carbocycles. The summed E-state index contributed by atoms with van der Waals surface area (Å²) < 4.78 is 46.4. The summed E-state index contributed by atoms with van der Waals surface area (Å²) in [5, 5.41) is 0. The van der Waals surface area contributed by atoms with Gasteiger partial charge in [0.1, 0.15) is 0 Å². The van der Waals surface area contributed by atoms with E-state index in [1.54, 1.807) is 31.7 Å². The molecular weight excluding hydrogens is 352 g/mol. The van der Waals surface area contributed by atoms with Gasteiger partial charge in [-0.25, -0.2) is 0 Å². The highest BCUT2D eigenvalue weighted by molar-refractivity contribution is 7.99. The topological polar surface area (TPSA) is 23.6 Å². The number of carbonyl (C=O) groups excluding carboxylic acids is 1. The van der Waals surface area contributed by atoms with Crippen LogP contribution < -0.4 is 4.90 Å². The number of hydrogen-bond acceptors (Lipinski definition) is 4. The van der Waals surface area contributed by atoms with Crippen LogP contribution in [-0.4, -0.2) is 37.2 Å². The number of hydrogen-bond donors (Lipinski definition) is 0. The standard InChI is InChI=1S/C20H24N2OS.ClH/c1-5-18(23)15-10-11-20-17(12-15)22(13-14(2)21(3)4)16-8-6-7-9-19(16)24-20;/h6-12,14H,5,13H2,1-4H3;1H/t14-;/m1./s1/i3D3,4D3;. The molecular formula is C20H25ClN2OS. The fraction of sp³-hybridized carbons (Fsp3) is 0.350. The van der Waals surface area contributed by atoms with E-state index in [9.17, 15) is 4.79 Å². The van der Waals surface area contributed by atoms with Gasteiger partial charge in [0.25, 0.3) is 0 Å². The largest absolute Gasteiger partial charge is 0.338 e. The molecule has 0 spiro atoms. The summed E-state index contributed by atoms with van der Waals surface area (Å²) in [5.41, 5.74) is 2.22. The Kier molecular flexibility index (Phi) is 4.23. The third-order valence-corrected chi connectivity index (χ3v) is 5.29. The molecule has 0 radical (unpaired) electrons. The molecule has 1 aliphatic rings. The quantitative estimate of drug-likeness (QED) is 0.658. The van der Waals surface area contributed by atoms with Crippen molar-refractivity contribution in [2.75, 3.05) is 25.4 Å². The Morgan fingerprint density at radius 1 is 1.20 bits per heavy atom. The van der Waals surface area contributed by atoms with Crippen molar-refractivity contribution in [3.05, 3.63) is 48.0 Å². The third kappa shape index (κ3) is 4.02. The average Bonchev–Trinajstić information content (AvgIpc) is 2.64. The molecule has 0 saturated heterocycles. The number of nitrogens with zero attached hydrogens (tertiary/aromatic N) is 2. The first-order valence-electron chi connectivity index (χ1n) is 10.9. The molecule has 0 fully saturated rings. The van der Waals surface area contributed by atoms with Gasteiger partial charge < -0.3 is 9.80 Å². The van der Waals surface area contributed by atoms with Gasteiger partial charge in [-0.2, -0.15) is 0 Å². The van der Waals surface area contributed by atoms with E-state index in [0.29, 0.717) is 16.9 Å². The Bertz CT molecular complexity index is 936. The lowest BCUT2D eigenvalue weighted by Gasteiger charge is -2.36. The van der Waals surface area contributed by atoms with Gasteiger partial charge in [-0.15, -0.1) is 12.4 Å². The van der Waals surface area contributed by atoms with Crippen LogP contribution in [0.2, 0.25) is 0 Å². The molecule has 25 heavy (non-hydrogen) atoms. The molecule has 5 heteroatoms. The second-order valence-electron chi connectivity index (χ2n) is 5.86. The number of Topliss-reactive ketones (excluding diaryl/α,β-unsaturated/α-hetero) is 1. The van der Waals surface area contributed by atoms with Crippen LogP contribution in [0.5, 0.6) is 0 Å². The second kappa shape index (κ2) is 8.26. The van der Waals surface area contributed by atoms with Crippen LogP contribution in [0.25, 0.3) is 0 Å². The number of carbonyl (C=O) groups is 1. The summed E-state index contributed by atoms with van der Waals surface area (Å²) in [6.45, 7) is -1.99. The Morgan fingerprint density at radius 2 is 1.92 bits per heavy atom.